The fourth-order valence-corrected chi connectivity index (χ4v) is 4.23. The average Bonchev–Trinajstić information content (AvgIpc) is 2.83. The SMILES string of the molecule is COc1ccc(NC(=O)C2CC(=O)Nc3nc(N4CCC(C(N)=O)CC4)[nH]c(=O)c32)c(OC)c1. The molecule has 0 bridgehead atoms. The largest absolute Gasteiger partial charge is 0.497 e. The van der Waals surface area contributed by atoms with Crippen LogP contribution in [0, 0.1) is 5.92 Å². The fourth-order valence-electron chi connectivity index (χ4n) is 4.23. The topological polar surface area (TPSA) is 169 Å². The van der Waals surface area contributed by atoms with Crippen LogP contribution in [0.4, 0.5) is 17.5 Å². The Kier molecular flexibility index (Phi) is 6.39. The molecule has 1 aromatic carbocycles. The number of anilines is 3. The van der Waals surface area contributed by atoms with Crippen LogP contribution in [0.25, 0.3) is 0 Å². The van der Waals surface area contributed by atoms with Gasteiger partial charge < -0.3 is 30.7 Å². The van der Waals surface area contributed by atoms with Crippen molar-refractivity contribution in [3.05, 3.63) is 34.1 Å². The molecule has 1 unspecified atom stereocenters. The Balaban J connectivity index is 1.59. The molecule has 0 aliphatic carbocycles. The van der Waals surface area contributed by atoms with E-state index in [9.17, 15) is 19.2 Å². The van der Waals surface area contributed by atoms with E-state index in [0.29, 0.717) is 43.1 Å². The van der Waals surface area contributed by atoms with Crippen LogP contribution in [-0.4, -0.2) is 55.0 Å². The van der Waals surface area contributed by atoms with Gasteiger partial charge in [-0.15, -0.1) is 0 Å². The Morgan fingerprint density at radius 3 is 2.56 bits per heavy atom. The molecular formula is C22H26N6O6. The van der Waals surface area contributed by atoms with Gasteiger partial charge in [-0.25, -0.2) is 0 Å². The Labute approximate surface area is 194 Å². The number of fused-ring (bicyclic) bond motifs is 1. The quantitative estimate of drug-likeness (QED) is 0.474. The molecule has 2 aliphatic heterocycles. The number of H-pyrrole nitrogens is 1. The minimum Gasteiger partial charge on any atom is -0.497 e. The monoisotopic (exact) mass is 470 g/mol. The summed E-state index contributed by atoms with van der Waals surface area (Å²) < 4.78 is 10.5. The summed E-state index contributed by atoms with van der Waals surface area (Å²) in [6, 6.07) is 4.88. The number of amides is 3. The number of methoxy groups -OCH3 is 2. The van der Waals surface area contributed by atoms with Gasteiger partial charge in [0.2, 0.25) is 23.7 Å². The number of aromatic nitrogens is 2. The smallest absolute Gasteiger partial charge is 0.258 e. The summed E-state index contributed by atoms with van der Waals surface area (Å²) in [5.41, 5.74) is 5.33. The summed E-state index contributed by atoms with van der Waals surface area (Å²) in [7, 11) is 2.97. The Morgan fingerprint density at radius 2 is 1.91 bits per heavy atom. The van der Waals surface area contributed by atoms with Gasteiger partial charge >= 0.3 is 0 Å². The molecule has 1 aromatic heterocycles. The molecule has 3 amide bonds. The first-order valence-electron chi connectivity index (χ1n) is 10.8. The van der Waals surface area contributed by atoms with Gasteiger partial charge in [0, 0.05) is 31.5 Å². The summed E-state index contributed by atoms with van der Waals surface area (Å²) in [4.78, 5) is 58.9. The van der Waals surface area contributed by atoms with E-state index in [1.54, 1.807) is 18.2 Å². The first-order chi connectivity index (χ1) is 16.3. The lowest BCUT2D eigenvalue weighted by atomic mass is 9.92. The molecule has 12 heteroatoms. The van der Waals surface area contributed by atoms with E-state index in [0.717, 1.165) is 0 Å². The highest BCUT2D eigenvalue weighted by Crippen LogP contribution is 2.33. The molecular weight excluding hydrogens is 444 g/mol. The van der Waals surface area contributed by atoms with E-state index in [4.69, 9.17) is 15.2 Å². The fraction of sp³-hybridized carbons (Fsp3) is 0.409. The van der Waals surface area contributed by atoms with Crippen LogP contribution in [0.1, 0.15) is 30.7 Å². The van der Waals surface area contributed by atoms with Crippen LogP contribution >= 0.6 is 0 Å². The molecule has 12 nitrogen and oxygen atoms in total. The Hall–Kier alpha value is -4.09. The number of ether oxygens (including phenoxy) is 2. The molecule has 2 aliphatic rings. The highest BCUT2D eigenvalue weighted by molar-refractivity contribution is 6.05. The molecule has 180 valence electrons. The molecule has 0 saturated carbocycles. The number of hydrogen-bond donors (Lipinski definition) is 4. The molecule has 1 fully saturated rings. The number of carbonyl (C=O) groups excluding carboxylic acids is 3. The lowest BCUT2D eigenvalue weighted by molar-refractivity contribution is -0.123. The number of nitrogens with one attached hydrogen (secondary N) is 3. The van der Waals surface area contributed by atoms with E-state index >= 15 is 0 Å². The van der Waals surface area contributed by atoms with Gasteiger partial charge in [0.1, 0.15) is 17.3 Å². The second-order valence-electron chi connectivity index (χ2n) is 8.18. The molecule has 0 radical (unpaired) electrons. The van der Waals surface area contributed by atoms with Crippen LogP contribution in [0.15, 0.2) is 23.0 Å². The molecule has 34 heavy (non-hydrogen) atoms. The number of piperidine rings is 1. The second-order valence-corrected chi connectivity index (χ2v) is 8.18. The number of rotatable bonds is 6. The summed E-state index contributed by atoms with van der Waals surface area (Å²) in [6.45, 7) is 0.953. The predicted molar refractivity (Wildman–Crippen MR) is 123 cm³/mol. The Morgan fingerprint density at radius 1 is 1.18 bits per heavy atom. The van der Waals surface area contributed by atoms with Crippen molar-refractivity contribution in [2.75, 3.05) is 42.8 Å². The van der Waals surface area contributed by atoms with Crippen molar-refractivity contribution in [2.24, 2.45) is 11.7 Å². The third kappa shape index (κ3) is 4.51. The average molecular weight is 470 g/mol. The van der Waals surface area contributed by atoms with Gasteiger partial charge in [0.05, 0.1) is 31.4 Å². The summed E-state index contributed by atoms with van der Waals surface area (Å²) >= 11 is 0. The standard InChI is InChI=1S/C22H26N6O6/c1-33-12-3-4-14(15(9-12)34-2)24-20(31)13-10-16(29)25-19-17(13)21(32)27-22(26-19)28-7-5-11(6-8-28)18(23)30/h3-4,9,11,13H,5-8,10H2,1-2H3,(H2,23,30)(H,24,31)(H2,25,26,27,29,32). The van der Waals surface area contributed by atoms with Crippen LogP contribution in [-0.2, 0) is 14.4 Å². The molecule has 2 aromatic rings. The van der Waals surface area contributed by atoms with Crippen LogP contribution in [0.5, 0.6) is 11.5 Å². The van der Waals surface area contributed by atoms with Gasteiger partial charge in [-0.1, -0.05) is 0 Å². The van der Waals surface area contributed by atoms with E-state index in [2.05, 4.69) is 20.6 Å². The highest BCUT2D eigenvalue weighted by atomic mass is 16.5. The van der Waals surface area contributed by atoms with Crippen molar-refractivity contribution in [1.82, 2.24) is 9.97 Å². The number of benzene rings is 1. The molecule has 4 rings (SSSR count). The lowest BCUT2D eigenvalue weighted by Crippen LogP contribution is -2.41. The first-order valence-corrected chi connectivity index (χ1v) is 10.8. The zero-order chi connectivity index (χ0) is 24.4. The normalized spacial score (nSPS) is 18.0. The molecule has 1 atom stereocenters. The second kappa shape index (κ2) is 9.41. The van der Waals surface area contributed by atoms with Gasteiger partial charge in [-0.3, -0.25) is 24.2 Å². The maximum atomic E-state index is 13.1. The van der Waals surface area contributed by atoms with E-state index in [1.165, 1.54) is 14.2 Å². The summed E-state index contributed by atoms with van der Waals surface area (Å²) in [5.74, 6) is -1.34. The number of primary amides is 1. The number of nitrogens with zero attached hydrogens (tertiary/aromatic N) is 2. The number of carbonyl (C=O) groups is 3. The third-order valence-corrected chi connectivity index (χ3v) is 6.12. The van der Waals surface area contributed by atoms with Crippen molar-refractivity contribution >= 4 is 35.2 Å². The first kappa shape index (κ1) is 23.1. The van der Waals surface area contributed by atoms with Gasteiger partial charge in [-0.2, -0.15) is 4.98 Å². The van der Waals surface area contributed by atoms with Crippen molar-refractivity contribution in [3.63, 3.8) is 0 Å². The zero-order valence-electron chi connectivity index (χ0n) is 18.8. The summed E-state index contributed by atoms with van der Waals surface area (Å²) in [6.07, 6.45) is 0.875. The predicted octanol–water partition coefficient (Wildman–Crippen LogP) is 0.553. The van der Waals surface area contributed by atoms with Crippen molar-refractivity contribution in [1.29, 1.82) is 0 Å². The maximum Gasteiger partial charge on any atom is 0.258 e. The number of nitrogens with two attached hydrogens (primary N) is 1. The van der Waals surface area contributed by atoms with Gasteiger partial charge in [0.25, 0.3) is 5.56 Å². The minimum atomic E-state index is -1.04. The highest BCUT2D eigenvalue weighted by Gasteiger charge is 2.36. The number of aromatic amines is 1. The third-order valence-electron chi connectivity index (χ3n) is 6.12. The van der Waals surface area contributed by atoms with E-state index in [1.807, 2.05) is 4.90 Å². The molecule has 0 spiro atoms. The van der Waals surface area contributed by atoms with Crippen molar-refractivity contribution in [2.45, 2.75) is 25.2 Å². The van der Waals surface area contributed by atoms with E-state index < -0.39 is 23.3 Å². The molecule has 5 N–H and O–H groups in total. The van der Waals surface area contributed by atoms with Crippen molar-refractivity contribution < 1.29 is 23.9 Å². The maximum absolute atomic E-state index is 13.1. The lowest BCUT2D eigenvalue weighted by Gasteiger charge is -2.32. The zero-order valence-corrected chi connectivity index (χ0v) is 18.8. The van der Waals surface area contributed by atoms with Crippen LogP contribution in [0.3, 0.4) is 0 Å². The minimum absolute atomic E-state index is 0.0499. The van der Waals surface area contributed by atoms with E-state index in [-0.39, 0.29) is 35.6 Å². The molecule has 1 saturated heterocycles. The summed E-state index contributed by atoms with van der Waals surface area (Å²) in [5, 5.41) is 5.33. The van der Waals surface area contributed by atoms with Crippen molar-refractivity contribution in [3.8, 4) is 11.5 Å². The van der Waals surface area contributed by atoms with Crippen LogP contribution < -0.4 is 36.3 Å². The van der Waals surface area contributed by atoms with Gasteiger partial charge in [-0.05, 0) is 25.0 Å². The number of hydrogen-bond acceptors (Lipinski definition) is 8. The van der Waals surface area contributed by atoms with Crippen LogP contribution in [0.2, 0.25) is 0 Å². The Bertz CT molecular complexity index is 1190. The van der Waals surface area contributed by atoms with Gasteiger partial charge in [0.15, 0.2) is 0 Å². The molecule has 3 heterocycles.